The molecule has 1 aliphatic heterocycles. The summed E-state index contributed by atoms with van der Waals surface area (Å²) in [6, 6.07) is 0. The van der Waals surface area contributed by atoms with Crippen LogP contribution in [-0.2, 0) is 0 Å². The van der Waals surface area contributed by atoms with Crippen molar-refractivity contribution in [1.82, 2.24) is 15.1 Å². The lowest BCUT2D eigenvalue weighted by Gasteiger charge is -2.34. The molecular weight excluding hydrogens is 178 g/mol. The Kier molecular flexibility index (Phi) is 4.93. The summed E-state index contributed by atoms with van der Waals surface area (Å²) >= 11 is 0. The van der Waals surface area contributed by atoms with Crippen molar-refractivity contribution in [2.24, 2.45) is 0 Å². The second-order valence-electron chi connectivity index (χ2n) is 3.69. The predicted octanol–water partition coefficient (Wildman–Crippen LogP) is -0.671. The topological polar surface area (TPSA) is 38.7 Å². The Balaban J connectivity index is 2.18. The summed E-state index contributed by atoms with van der Waals surface area (Å²) in [5.74, 6) is 0. The number of nitrogens with zero attached hydrogens (tertiary/aromatic N) is 2. The standard InChI is InChI=1S/C10H21N3O/c1-10(11-2)9-13-5-3-12(4-6-13)7-8-14/h11,14H,1,3-9H2,2H3. The molecule has 0 atom stereocenters. The van der Waals surface area contributed by atoms with Gasteiger partial charge in [0.15, 0.2) is 0 Å². The van der Waals surface area contributed by atoms with Crippen LogP contribution in [0.1, 0.15) is 0 Å². The van der Waals surface area contributed by atoms with Crippen LogP contribution >= 0.6 is 0 Å². The quantitative estimate of drug-likeness (QED) is 0.616. The minimum Gasteiger partial charge on any atom is -0.395 e. The molecule has 4 nitrogen and oxygen atoms in total. The van der Waals surface area contributed by atoms with Crippen molar-refractivity contribution in [2.45, 2.75) is 0 Å². The van der Waals surface area contributed by atoms with Gasteiger partial charge in [0.1, 0.15) is 0 Å². The maximum atomic E-state index is 8.79. The fraction of sp³-hybridized carbons (Fsp3) is 0.800. The highest BCUT2D eigenvalue weighted by Gasteiger charge is 2.15. The molecule has 1 fully saturated rings. The fourth-order valence-corrected chi connectivity index (χ4v) is 1.66. The maximum Gasteiger partial charge on any atom is 0.0558 e. The van der Waals surface area contributed by atoms with E-state index in [0.29, 0.717) is 0 Å². The summed E-state index contributed by atoms with van der Waals surface area (Å²) < 4.78 is 0. The van der Waals surface area contributed by atoms with Crippen molar-refractivity contribution < 1.29 is 5.11 Å². The molecule has 1 aliphatic rings. The van der Waals surface area contributed by atoms with Gasteiger partial charge in [-0.25, -0.2) is 0 Å². The van der Waals surface area contributed by atoms with Crippen LogP contribution in [0.2, 0.25) is 0 Å². The number of rotatable bonds is 5. The molecule has 0 aromatic rings. The van der Waals surface area contributed by atoms with Gasteiger partial charge in [-0.3, -0.25) is 9.80 Å². The molecule has 1 saturated heterocycles. The Morgan fingerprint density at radius 1 is 1.29 bits per heavy atom. The monoisotopic (exact) mass is 199 g/mol. The van der Waals surface area contributed by atoms with Crippen LogP contribution in [0.25, 0.3) is 0 Å². The highest BCUT2D eigenvalue weighted by atomic mass is 16.3. The van der Waals surface area contributed by atoms with E-state index in [-0.39, 0.29) is 6.61 Å². The van der Waals surface area contributed by atoms with E-state index >= 15 is 0 Å². The van der Waals surface area contributed by atoms with Gasteiger partial charge in [0, 0.05) is 52.0 Å². The first kappa shape index (κ1) is 11.5. The smallest absolute Gasteiger partial charge is 0.0558 e. The zero-order chi connectivity index (χ0) is 10.4. The van der Waals surface area contributed by atoms with Gasteiger partial charge in [-0.1, -0.05) is 6.58 Å². The third kappa shape index (κ3) is 3.65. The minimum absolute atomic E-state index is 0.267. The highest BCUT2D eigenvalue weighted by Crippen LogP contribution is 2.02. The number of hydrogen-bond acceptors (Lipinski definition) is 4. The number of piperazine rings is 1. The third-order valence-corrected chi connectivity index (χ3v) is 2.65. The van der Waals surface area contributed by atoms with Crippen LogP contribution in [0.5, 0.6) is 0 Å². The van der Waals surface area contributed by atoms with Crippen molar-refractivity contribution in [3.05, 3.63) is 12.3 Å². The minimum atomic E-state index is 0.267. The lowest BCUT2D eigenvalue weighted by atomic mass is 10.3. The van der Waals surface area contributed by atoms with Gasteiger partial charge in [-0.05, 0) is 0 Å². The molecule has 0 amide bonds. The van der Waals surface area contributed by atoms with Gasteiger partial charge < -0.3 is 10.4 Å². The third-order valence-electron chi connectivity index (χ3n) is 2.65. The Bertz CT molecular complexity index is 176. The number of aliphatic hydroxyl groups is 1. The zero-order valence-electron chi connectivity index (χ0n) is 9.00. The molecule has 0 aromatic heterocycles. The van der Waals surface area contributed by atoms with Crippen LogP contribution in [0.4, 0.5) is 0 Å². The van der Waals surface area contributed by atoms with Gasteiger partial charge in [0.05, 0.1) is 6.61 Å². The van der Waals surface area contributed by atoms with Gasteiger partial charge >= 0.3 is 0 Å². The van der Waals surface area contributed by atoms with E-state index in [1.54, 1.807) is 0 Å². The van der Waals surface area contributed by atoms with Crippen molar-refractivity contribution in [2.75, 3.05) is 52.9 Å². The second-order valence-corrected chi connectivity index (χ2v) is 3.69. The lowest BCUT2D eigenvalue weighted by molar-refractivity contribution is 0.118. The predicted molar refractivity (Wildman–Crippen MR) is 58.2 cm³/mol. The van der Waals surface area contributed by atoms with E-state index in [9.17, 15) is 0 Å². The first-order valence-corrected chi connectivity index (χ1v) is 5.17. The van der Waals surface area contributed by atoms with E-state index in [1.165, 1.54) is 0 Å². The van der Waals surface area contributed by atoms with Crippen molar-refractivity contribution in [3.63, 3.8) is 0 Å². The highest BCUT2D eigenvalue weighted by molar-refractivity contribution is 4.93. The molecule has 1 heterocycles. The Morgan fingerprint density at radius 2 is 1.86 bits per heavy atom. The van der Waals surface area contributed by atoms with Gasteiger partial charge in [-0.15, -0.1) is 0 Å². The van der Waals surface area contributed by atoms with Gasteiger partial charge in [0.2, 0.25) is 0 Å². The average molecular weight is 199 g/mol. The van der Waals surface area contributed by atoms with Crippen LogP contribution in [0, 0.1) is 0 Å². The normalized spacial score (nSPS) is 19.6. The zero-order valence-corrected chi connectivity index (χ0v) is 9.00. The lowest BCUT2D eigenvalue weighted by Crippen LogP contribution is -2.48. The number of likely N-dealkylation sites (N-methyl/N-ethyl adjacent to an activating group) is 1. The number of aliphatic hydroxyl groups excluding tert-OH is 1. The molecule has 0 saturated carbocycles. The molecule has 1 rings (SSSR count). The molecule has 0 aliphatic carbocycles. The molecular formula is C10H21N3O. The van der Waals surface area contributed by atoms with E-state index < -0.39 is 0 Å². The molecule has 14 heavy (non-hydrogen) atoms. The van der Waals surface area contributed by atoms with E-state index in [0.717, 1.165) is 45.0 Å². The summed E-state index contributed by atoms with van der Waals surface area (Å²) in [4.78, 5) is 4.67. The van der Waals surface area contributed by atoms with Crippen molar-refractivity contribution in [3.8, 4) is 0 Å². The SMILES string of the molecule is C=C(CN1CCN(CCO)CC1)NC. The van der Waals surface area contributed by atoms with E-state index in [4.69, 9.17) is 5.11 Å². The van der Waals surface area contributed by atoms with Crippen LogP contribution in [-0.4, -0.2) is 67.8 Å². The Labute approximate surface area is 86.2 Å². The fourth-order valence-electron chi connectivity index (χ4n) is 1.66. The van der Waals surface area contributed by atoms with Crippen molar-refractivity contribution >= 4 is 0 Å². The number of hydrogen-bond donors (Lipinski definition) is 2. The van der Waals surface area contributed by atoms with Crippen molar-refractivity contribution in [1.29, 1.82) is 0 Å². The molecule has 4 heteroatoms. The first-order chi connectivity index (χ1) is 6.76. The van der Waals surface area contributed by atoms with E-state index in [2.05, 4.69) is 21.7 Å². The summed E-state index contributed by atoms with van der Waals surface area (Å²) in [6.07, 6.45) is 0. The summed E-state index contributed by atoms with van der Waals surface area (Å²) in [7, 11) is 1.91. The number of β-amino-alcohol motifs (C(OH)–C–C–N with tert-alkyl or cyclic N) is 1. The van der Waals surface area contributed by atoms with Crippen LogP contribution in [0.3, 0.4) is 0 Å². The average Bonchev–Trinajstić information content (AvgIpc) is 2.21. The number of nitrogens with one attached hydrogen (secondary N) is 1. The Morgan fingerprint density at radius 3 is 2.36 bits per heavy atom. The Hall–Kier alpha value is -0.580. The molecule has 2 N–H and O–H groups in total. The van der Waals surface area contributed by atoms with E-state index in [1.807, 2.05) is 7.05 Å². The molecule has 0 aromatic carbocycles. The summed E-state index contributed by atoms with van der Waals surface area (Å²) in [5.41, 5.74) is 1.07. The summed E-state index contributed by atoms with van der Waals surface area (Å²) in [6.45, 7) is 10.2. The largest absolute Gasteiger partial charge is 0.395 e. The van der Waals surface area contributed by atoms with Gasteiger partial charge in [-0.2, -0.15) is 0 Å². The van der Waals surface area contributed by atoms with Gasteiger partial charge in [0.25, 0.3) is 0 Å². The molecule has 0 unspecified atom stereocenters. The second kappa shape index (κ2) is 6.01. The first-order valence-electron chi connectivity index (χ1n) is 5.17. The van der Waals surface area contributed by atoms with Crippen LogP contribution in [0.15, 0.2) is 12.3 Å². The maximum absolute atomic E-state index is 8.79. The summed E-state index contributed by atoms with van der Waals surface area (Å²) in [5, 5.41) is 11.8. The van der Waals surface area contributed by atoms with Crippen LogP contribution < -0.4 is 5.32 Å². The molecule has 0 radical (unpaired) electrons. The molecule has 82 valence electrons. The molecule has 0 spiro atoms. The molecule has 0 bridgehead atoms.